The maximum atomic E-state index is 13.3. The molecule has 4 rings (SSSR count). The maximum Gasteiger partial charge on any atom is 0.256 e. The Morgan fingerprint density at radius 1 is 1.15 bits per heavy atom. The molecule has 2 aliphatic rings. The first-order chi connectivity index (χ1) is 12.9. The Morgan fingerprint density at radius 3 is 2.67 bits per heavy atom. The molecule has 1 aliphatic heterocycles. The molecule has 2 aromatic heterocycles. The van der Waals surface area contributed by atoms with E-state index >= 15 is 0 Å². The van der Waals surface area contributed by atoms with Crippen LogP contribution < -0.4 is 4.90 Å². The first-order valence-corrected chi connectivity index (χ1v) is 9.44. The number of hydrogen-bond acceptors (Lipinski definition) is 5. The summed E-state index contributed by atoms with van der Waals surface area (Å²) < 4.78 is 0. The van der Waals surface area contributed by atoms with Gasteiger partial charge in [0.25, 0.3) is 5.91 Å². The van der Waals surface area contributed by atoms with Crippen LogP contribution >= 0.6 is 0 Å². The number of carbonyl (C=O) groups is 2. The van der Waals surface area contributed by atoms with E-state index in [4.69, 9.17) is 0 Å². The van der Waals surface area contributed by atoms with Gasteiger partial charge in [0.2, 0.25) is 0 Å². The Morgan fingerprint density at radius 2 is 1.93 bits per heavy atom. The summed E-state index contributed by atoms with van der Waals surface area (Å²) in [4.78, 5) is 42.0. The van der Waals surface area contributed by atoms with Gasteiger partial charge in [-0.2, -0.15) is 0 Å². The monoisotopic (exact) mass is 367 g/mol. The van der Waals surface area contributed by atoms with Crippen LogP contribution in [0.2, 0.25) is 0 Å². The summed E-state index contributed by atoms with van der Waals surface area (Å²) in [5.41, 5.74) is 4.88. The number of amides is 1. The minimum absolute atomic E-state index is 0.0754. The van der Waals surface area contributed by atoms with E-state index in [2.05, 4.69) is 15.0 Å². The van der Waals surface area contributed by atoms with E-state index < -0.39 is 0 Å². The fourth-order valence-corrected chi connectivity index (χ4v) is 4.24. The number of fused-ring (bicyclic) bond motifs is 2. The third kappa shape index (κ3) is 2.91. The molecule has 1 aliphatic carbocycles. The van der Waals surface area contributed by atoms with Crippen molar-refractivity contribution in [3.63, 3.8) is 0 Å². The standard InChI is InChI=1S/C20H25N5O2/c1-11-17(18-14(21-11)6-5-7-16(18)26)20(27)25-9-8-13-15(10-25)22-12(2)23-19(13)24(3)4/h21H,5-10H2,1-4H3. The predicted octanol–water partition coefficient (Wildman–Crippen LogP) is 2.21. The van der Waals surface area contributed by atoms with E-state index in [1.54, 1.807) is 0 Å². The molecule has 1 N–H and O–H groups in total. The van der Waals surface area contributed by atoms with Gasteiger partial charge in [-0.15, -0.1) is 0 Å². The van der Waals surface area contributed by atoms with Crippen molar-refractivity contribution in [1.29, 1.82) is 0 Å². The van der Waals surface area contributed by atoms with Gasteiger partial charge in [0.1, 0.15) is 11.6 Å². The van der Waals surface area contributed by atoms with Gasteiger partial charge >= 0.3 is 0 Å². The summed E-state index contributed by atoms with van der Waals surface area (Å²) in [6, 6.07) is 0. The number of anilines is 1. The van der Waals surface area contributed by atoms with Crippen LogP contribution in [-0.4, -0.2) is 52.2 Å². The minimum atomic E-state index is -0.0754. The largest absolute Gasteiger partial charge is 0.362 e. The molecule has 0 aromatic carbocycles. The van der Waals surface area contributed by atoms with Gasteiger partial charge in [-0.25, -0.2) is 9.97 Å². The van der Waals surface area contributed by atoms with Gasteiger partial charge < -0.3 is 14.8 Å². The second-order valence-corrected chi connectivity index (χ2v) is 7.65. The van der Waals surface area contributed by atoms with E-state index in [0.717, 1.165) is 41.3 Å². The highest BCUT2D eigenvalue weighted by atomic mass is 16.2. The lowest BCUT2D eigenvalue weighted by Crippen LogP contribution is -2.38. The van der Waals surface area contributed by atoms with Crippen molar-refractivity contribution in [3.8, 4) is 0 Å². The Labute approximate surface area is 158 Å². The molecule has 142 valence electrons. The smallest absolute Gasteiger partial charge is 0.256 e. The lowest BCUT2D eigenvalue weighted by atomic mass is 9.92. The maximum absolute atomic E-state index is 13.3. The number of rotatable bonds is 2. The number of nitrogens with one attached hydrogen (secondary N) is 1. The van der Waals surface area contributed by atoms with Gasteiger partial charge in [0, 0.05) is 44.0 Å². The van der Waals surface area contributed by atoms with Crippen molar-refractivity contribution >= 4 is 17.5 Å². The number of Topliss-reactive ketones (excluding diaryl/α,β-unsaturated/α-hetero) is 1. The number of nitrogens with zero attached hydrogens (tertiary/aromatic N) is 4. The molecule has 0 unspecified atom stereocenters. The molecule has 7 heteroatoms. The zero-order chi connectivity index (χ0) is 19.3. The number of aromatic nitrogens is 3. The van der Waals surface area contributed by atoms with Gasteiger partial charge in [-0.05, 0) is 33.1 Å². The number of H-pyrrole nitrogens is 1. The van der Waals surface area contributed by atoms with E-state index in [-0.39, 0.29) is 11.7 Å². The molecule has 27 heavy (non-hydrogen) atoms. The lowest BCUT2D eigenvalue weighted by Gasteiger charge is -2.31. The van der Waals surface area contributed by atoms with E-state index in [0.29, 0.717) is 42.9 Å². The first-order valence-electron chi connectivity index (χ1n) is 9.44. The average Bonchev–Trinajstić information content (AvgIpc) is 2.97. The molecule has 0 fully saturated rings. The second kappa shape index (κ2) is 6.48. The van der Waals surface area contributed by atoms with Crippen LogP contribution in [0.15, 0.2) is 0 Å². The molecular formula is C20H25N5O2. The number of aromatic amines is 1. The van der Waals surface area contributed by atoms with Crippen molar-refractivity contribution in [1.82, 2.24) is 19.9 Å². The zero-order valence-electron chi connectivity index (χ0n) is 16.3. The third-order valence-corrected chi connectivity index (χ3v) is 5.45. The van der Waals surface area contributed by atoms with E-state index in [9.17, 15) is 9.59 Å². The molecule has 0 spiro atoms. The number of hydrogen-bond donors (Lipinski definition) is 1. The van der Waals surface area contributed by atoms with Crippen LogP contribution in [0.1, 0.15) is 62.0 Å². The first kappa shape index (κ1) is 17.7. The zero-order valence-corrected chi connectivity index (χ0v) is 16.3. The SMILES string of the molecule is Cc1nc2c(c(N(C)C)n1)CCN(C(=O)c1c(C)[nH]c3c1C(=O)CCC3)C2. The van der Waals surface area contributed by atoms with Crippen molar-refractivity contribution in [3.05, 3.63) is 39.6 Å². The summed E-state index contributed by atoms with van der Waals surface area (Å²) in [7, 11) is 3.95. The molecule has 1 amide bonds. The molecule has 3 heterocycles. The van der Waals surface area contributed by atoms with Crippen molar-refractivity contribution in [2.75, 3.05) is 25.5 Å². The highest BCUT2D eigenvalue weighted by Gasteiger charge is 2.33. The summed E-state index contributed by atoms with van der Waals surface area (Å²) in [6.07, 6.45) is 2.91. The Bertz CT molecular complexity index is 944. The number of aryl methyl sites for hydroxylation is 3. The Hall–Kier alpha value is -2.70. The van der Waals surface area contributed by atoms with Crippen LogP contribution in [0.5, 0.6) is 0 Å². The summed E-state index contributed by atoms with van der Waals surface area (Å²) in [6.45, 7) is 4.81. The summed E-state index contributed by atoms with van der Waals surface area (Å²) in [5.74, 6) is 1.63. The van der Waals surface area contributed by atoms with Crippen LogP contribution in [0, 0.1) is 13.8 Å². The molecule has 0 saturated heterocycles. The van der Waals surface area contributed by atoms with Crippen LogP contribution in [-0.2, 0) is 19.4 Å². The summed E-state index contributed by atoms with van der Waals surface area (Å²) in [5, 5.41) is 0. The second-order valence-electron chi connectivity index (χ2n) is 7.65. The van der Waals surface area contributed by atoms with Crippen LogP contribution in [0.25, 0.3) is 0 Å². The third-order valence-electron chi connectivity index (χ3n) is 5.45. The highest BCUT2D eigenvalue weighted by Crippen LogP contribution is 2.30. The topological polar surface area (TPSA) is 82.2 Å². The summed E-state index contributed by atoms with van der Waals surface area (Å²) >= 11 is 0. The minimum Gasteiger partial charge on any atom is -0.362 e. The quantitative estimate of drug-likeness (QED) is 0.880. The normalized spacial score (nSPS) is 16.1. The predicted molar refractivity (Wildman–Crippen MR) is 102 cm³/mol. The molecule has 0 saturated carbocycles. The van der Waals surface area contributed by atoms with Crippen molar-refractivity contribution in [2.24, 2.45) is 0 Å². The fraction of sp³-hybridized carbons (Fsp3) is 0.500. The van der Waals surface area contributed by atoms with Gasteiger partial charge in [0.15, 0.2) is 5.78 Å². The Balaban J connectivity index is 1.69. The van der Waals surface area contributed by atoms with Crippen molar-refractivity contribution in [2.45, 2.75) is 46.1 Å². The van der Waals surface area contributed by atoms with Gasteiger partial charge in [-0.3, -0.25) is 9.59 Å². The van der Waals surface area contributed by atoms with Gasteiger partial charge in [0.05, 0.1) is 23.4 Å². The molecule has 0 radical (unpaired) electrons. The average molecular weight is 367 g/mol. The lowest BCUT2D eigenvalue weighted by molar-refractivity contribution is 0.0725. The van der Waals surface area contributed by atoms with Crippen molar-refractivity contribution < 1.29 is 9.59 Å². The van der Waals surface area contributed by atoms with E-state index in [1.807, 2.05) is 37.7 Å². The number of ketones is 1. The molecule has 0 atom stereocenters. The molecule has 0 bridgehead atoms. The van der Waals surface area contributed by atoms with Crippen LogP contribution in [0.4, 0.5) is 5.82 Å². The molecular weight excluding hydrogens is 342 g/mol. The molecule has 2 aromatic rings. The van der Waals surface area contributed by atoms with Gasteiger partial charge in [-0.1, -0.05) is 0 Å². The Kier molecular flexibility index (Phi) is 4.25. The fourth-order valence-electron chi connectivity index (χ4n) is 4.24. The van der Waals surface area contributed by atoms with Crippen LogP contribution in [0.3, 0.4) is 0 Å². The number of carbonyl (C=O) groups excluding carboxylic acids is 2. The van der Waals surface area contributed by atoms with E-state index in [1.165, 1.54) is 0 Å². The highest BCUT2D eigenvalue weighted by molar-refractivity contribution is 6.10. The molecule has 7 nitrogen and oxygen atoms in total.